The molecule has 0 fully saturated rings. The molecule has 3 aromatic carbocycles. The summed E-state index contributed by atoms with van der Waals surface area (Å²) in [6.45, 7) is 0. The fraction of sp³-hybridized carbons (Fsp3) is 0.185. The number of nitrogens with zero attached hydrogens (tertiary/aromatic N) is 3. The maximum absolute atomic E-state index is 13.4. The summed E-state index contributed by atoms with van der Waals surface area (Å²) in [5, 5.41) is 3.29. The summed E-state index contributed by atoms with van der Waals surface area (Å²) in [5.74, 6) is 1.34. The number of ether oxygens (including phenoxy) is 2. The smallest absolute Gasteiger partial charge is 0.259 e. The van der Waals surface area contributed by atoms with Crippen LogP contribution in [0.4, 0.5) is 11.4 Å². The van der Waals surface area contributed by atoms with E-state index in [1.54, 1.807) is 30.2 Å². The lowest BCUT2D eigenvalue weighted by Crippen LogP contribution is -2.41. The van der Waals surface area contributed by atoms with Crippen molar-refractivity contribution in [2.75, 3.05) is 25.3 Å². The first-order valence-corrected chi connectivity index (χ1v) is 12.3. The van der Waals surface area contributed by atoms with E-state index >= 15 is 0 Å². The van der Waals surface area contributed by atoms with Crippen LogP contribution in [0, 0.1) is 0 Å². The van der Waals surface area contributed by atoms with E-state index in [0.29, 0.717) is 34.6 Å². The summed E-state index contributed by atoms with van der Waals surface area (Å²) in [5.41, 5.74) is 3.09. The number of hydrogen-bond acceptors (Lipinski definition) is 7. The van der Waals surface area contributed by atoms with Crippen LogP contribution in [0.5, 0.6) is 11.5 Å². The van der Waals surface area contributed by atoms with Gasteiger partial charge in [0.2, 0.25) is 5.91 Å². The molecule has 5 rings (SSSR count). The number of amides is 2. The van der Waals surface area contributed by atoms with Crippen LogP contribution in [0.3, 0.4) is 0 Å². The van der Waals surface area contributed by atoms with Crippen LogP contribution in [-0.2, 0) is 16.0 Å². The van der Waals surface area contributed by atoms with Crippen molar-refractivity contribution >= 4 is 46.0 Å². The zero-order valence-electron chi connectivity index (χ0n) is 19.8. The Balaban J connectivity index is 1.35. The minimum Gasteiger partial charge on any atom is -0.497 e. The highest BCUT2D eigenvalue weighted by Gasteiger charge is 2.41. The Bertz CT molecular complexity index is 1370. The number of aliphatic imine (C=N–C) groups is 2. The highest BCUT2D eigenvalue weighted by Crippen LogP contribution is 2.34. The summed E-state index contributed by atoms with van der Waals surface area (Å²) in [6, 6.07) is 22.0. The molecule has 2 heterocycles. The van der Waals surface area contributed by atoms with E-state index in [1.807, 2.05) is 54.6 Å². The van der Waals surface area contributed by atoms with Crippen molar-refractivity contribution in [2.24, 2.45) is 9.98 Å². The second kappa shape index (κ2) is 10.2. The first kappa shape index (κ1) is 23.6. The fourth-order valence-electron chi connectivity index (χ4n) is 4.09. The molecular weight excluding hydrogens is 476 g/mol. The van der Waals surface area contributed by atoms with Crippen molar-refractivity contribution in [3.8, 4) is 11.5 Å². The molecule has 8 nitrogen and oxygen atoms in total. The van der Waals surface area contributed by atoms with Gasteiger partial charge in [-0.25, -0.2) is 9.89 Å². The summed E-state index contributed by atoms with van der Waals surface area (Å²) in [7, 11) is 3.09. The van der Waals surface area contributed by atoms with E-state index in [9.17, 15) is 9.59 Å². The Morgan fingerprint density at radius 3 is 2.58 bits per heavy atom. The zero-order chi connectivity index (χ0) is 25.1. The lowest BCUT2D eigenvalue weighted by molar-refractivity contribution is -0.124. The van der Waals surface area contributed by atoms with Crippen LogP contribution in [0.15, 0.2) is 82.8 Å². The minimum atomic E-state index is -0.545. The third-order valence-corrected chi connectivity index (χ3v) is 6.77. The zero-order valence-corrected chi connectivity index (χ0v) is 20.6. The maximum atomic E-state index is 13.4. The predicted octanol–water partition coefficient (Wildman–Crippen LogP) is 4.28. The average molecular weight is 501 g/mol. The number of benzene rings is 3. The molecule has 0 spiro atoms. The largest absolute Gasteiger partial charge is 0.497 e. The van der Waals surface area contributed by atoms with Gasteiger partial charge in [0.15, 0.2) is 5.17 Å². The van der Waals surface area contributed by atoms with Gasteiger partial charge in [0.05, 0.1) is 31.3 Å². The second-order valence-electron chi connectivity index (χ2n) is 8.15. The molecule has 0 aliphatic carbocycles. The Morgan fingerprint density at radius 1 is 1.03 bits per heavy atom. The number of methoxy groups -OCH3 is 2. The molecule has 36 heavy (non-hydrogen) atoms. The van der Waals surface area contributed by atoms with Crippen LogP contribution in [0.25, 0.3) is 0 Å². The normalized spacial score (nSPS) is 16.0. The van der Waals surface area contributed by atoms with Crippen LogP contribution < -0.4 is 14.8 Å². The number of amidine groups is 2. The van der Waals surface area contributed by atoms with Gasteiger partial charge in [-0.15, -0.1) is 0 Å². The second-order valence-corrected chi connectivity index (χ2v) is 9.09. The highest BCUT2D eigenvalue weighted by molar-refractivity contribution is 8.14. The van der Waals surface area contributed by atoms with Crippen molar-refractivity contribution in [1.29, 1.82) is 0 Å². The summed E-state index contributed by atoms with van der Waals surface area (Å²) >= 11 is 1.19. The number of carbonyl (C=O) groups is 2. The standard InChI is InChI=1S/C27H24N4O4S/c1-34-18-12-13-21(23(15-18)35-2)28-24(32)16-36-27-30-20-11-7-6-10-19(20)25-29-22(26(33)31(25)27)14-17-8-4-3-5-9-17/h3-13,15,22H,14,16H2,1-2H3,(H,28,32). The quantitative estimate of drug-likeness (QED) is 0.523. The molecule has 0 saturated heterocycles. The van der Waals surface area contributed by atoms with Crippen molar-refractivity contribution in [3.63, 3.8) is 0 Å². The molecule has 9 heteroatoms. The molecule has 0 aromatic heterocycles. The molecule has 0 radical (unpaired) electrons. The molecule has 1 atom stereocenters. The minimum absolute atomic E-state index is 0.0522. The number of thioether (sulfide) groups is 1. The molecule has 182 valence electrons. The van der Waals surface area contributed by atoms with Gasteiger partial charge in [-0.1, -0.05) is 54.2 Å². The molecule has 0 bridgehead atoms. The fourth-order valence-corrected chi connectivity index (χ4v) is 4.89. The molecule has 3 aromatic rings. The number of para-hydroxylation sites is 1. The SMILES string of the molecule is COc1ccc(NC(=O)CSC2=Nc3ccccc3C3=NC(Cc4ccccc4)C(=O)N23)c(OC)c1. The number of hydrogen-bond donors (Lipinski definition) is 1. The van der Waals surface area contributed by atoms with Crippen molar-refractivity contribution in [1.82, 2.24) is 4.90 Å². The average Bonchev–Trinajstić information content (AvgIpc) is 3.24. The van der Waals surface area contributed by atoms with Crippen LogP contribution in [0.2, 0.25) is 0 Å². The van der Waals surface area contributed by atoms with Gasteiger partial charge < -0.3 is 14.8 Å². The number of nitrogens with one attached hydrogen (secondary N) is 1. The van der Waals surface area contributed by atoms with Crippen molar-refractivity contribution in [3.05, 3.63) is 83.9 Å². The first-order valence-electron chi connectivity index (χ1n) is 11.4. The topological polar surface area (TPSA) is 92.6 Å². The lowest BCUT2D eigenvalue weighted by atomic mass is 10.1. The van der Waals surface area contributed by atoms with Gasteiger partial charge >= 0.3 is 0 Å². The van der Waals surface area contributed by atoms with E-state index in [0.717, 1.165) is 16.8 Å². The molecule has 2 aliphatic rings. The van der Waals surface area contributed by atoms with Gasteiger partial charge in [0, 0.05) is 18.1 Å². The number of fused-ring (bicyclic) bond motifs is 3. The molecular formula is C27H24N4O4S. The molecule has 0 saturated carbocycles. The Morgan fingerprint density at radius 2 is 1.81 bits per heavy atom. The summed E-state index contributed by atoms with van der Waals surface area (Å²) < 4.78 is 10.6. The third-order valence-electron chi connectivity index (χ3n) is 5.83. The van der Waals surface area contributed by atoms with Crippen LogP contribution in [-0.4, -0.2) is 53.7 Å². The van der Waals surface area contributed by atoms with E-state index in [-0.39, 0.29) is 17.6 Å². The monoisotopic (exact) mass is 500 g/mol. The number of rotatable bonds is 7. The number of anilines is 1. The molecule has 1 unspecified atom stereocenters. The van der Waals surface area contributed by atoms with E-state index in [2.05, 4.69) is 5.32 Å². The summed E-state index contributed by atoms with van der Waals surface area (Å²) in [4.78, 5) is 37.3. The molecule has 2 amide bonds. The predicted molar refractivity (Wildman–Crippen MR) is 141 cm³/mol. The molecule has 1 N–H and O–H groups in total. The van der Waals surface area contributed by atoms with Gasteiger partial charge in [-0.3, -0.25) is 14.6 Å². The van der Waals surface area contributed by atoms with Crippen molar-refractivity contribution < 1.29 is 19.1 Å². The van der Waals surface area contributed by atoms with Gasteiger partial charge in [0.25, 0.3) is 5.91 Å². The Labute approximate surface area is 213 Å². The van der Waals surface area contributed by atoms with Gasteiger partial charge in [-0.05, 0) is 29.8 Å². The Kier molecular flexibility index (Phi) is 6.73. The lowest BCUT2D eigenvalue weighted by Gasteiger charge is -2.25. The van der Waals surface area contributed by atoms with Crippen LogP contribution >= 0.6 is 11.8 Å². The van der Waals surface area contributed by atoms with Crippen molar-refractivity contribution in [2.45, 2.75) is 12.5 Å². The summed E-state index contributed by atoms with van der Waals surface area (Å²) in [6.07, 6.45) is 0.498. The maximum Gasteiger partial charge on any atom is 0.259 e. The molecule has 2 aliphatic heterocycles. The Hall–Kier alpha value is -4.11. The van der Waals surface area contributed by atoms with E-state index in [1.165, 1.54) is 18.9 Å². The van der Waals surface area contributed by atoms with Gasteiger partial charge in [0.1, 0.15) is 23.4 Å². The van der Waals surface area contributed by atoms with Gasteiger partial charge in [-0.2, -0.15) is 0 Å². The van der Waals surface area contributed by atoms with E-state index < -0.39 is 6.04 Å². The highest BCUT2D eigenvalue weighted by atomic mass is 32.2. The van der Waals surface area contributed by atoms with E-state index in [4.69, 9.17) is 19.5 Å². The first-order chi connectivity index (χ1) is 17.6. The number of carbonyl (C=O) groups excluding carboxylic acids is 2. The van der Waals surface area contributed by atoms with Crippen LogP contribution in [0.1, 0.15) is 11.1 Å². The third kappa shape index (κ3) is 4.70.